The molecule has 1 aliphatic rings. The highest BCUT2D eigenvalue weighted by Crippen LogP contribution is 2.44. The van der Waals surface area contributed by atoms with Crippen molar-refractivity contribution in [2.24, 2.45) is 5.92 Å². The predicted octanol–water partition coefficient (Wildman–Crippen LogP) is 1.93. The van der Waals surface area contributed by atoms with Gasteiger partial charge in [0, 0.05) is 0 Å². The molecular weight excluding hydrogens is 228 g/mol. The summed E-state index contributed by atoms with van der Waals surface area (Å²) in [6.07, 6.45) is 3.56. The number of carbonyl (C=O) groups is 2. The van der Waals surface area contributed by atoms with E-state index < -0.39 is 10.7 Å². The lowest BCUT2D eigenvalue weighted by Gasteiger charge is -2.38. The Hall–Kier alpha value is -0.710. The number of thioether (sulfide) groups is 1. The molecular formula is C11H18O4S. The number of carboxylic acids is 1. The molecule has 0 heterocycles. The van der Waals surface area contributed by atoms with Crippen molar-refractivity contribution in [3.63, 3.8) is 0 Å². The number of hydrogen-bond donors (Lipinski definition) is 1. The number of carboxylic acid groups (broad SMARTS) is 1. The zero-order valence-electron chi connectivity index (χ0n) is 9.69. The number of carbonyl (C=O) groups excluding carboxylic acids is 1. The summed E-state index contributed by atoms with van der Waals surface area (Å²) in [5, 5.41) is 9.37. The molecule has 92 valence electrons. The first-order valence-corrected chi connectivity index (χ1v) is 6.45. The normalized spacial score (nSPS) is 29.8. The molecule has 0 aromatic rings. The van der Waals surface area contributed by atoms with Gasteiger partial charge in [-0.3, -0.25) is 9.59 Å². The molecule has 1 rings (SSSR count). The van der Waals surface area contributed by atoms with Crippen molar-refractivity contribution in [2.45, 2.75) is 37.4 Å². The number of hydrogen-bond acceptors (Lipinski definition) is 4. The second-order valence-electron chi connectivity index (χ2n) is 4.21. The Morgan fingerprint density at radius 2 is 2.19 bits per heavy atom. The van der Waals surface area contributed by atoms with Crippen LogP contribution in [0, 0.1) is 5.92 Å². The average molecular weight is 246 g/mol. The second-order valence-corrected chi connectivity index (χ2v) is 5.51. The van der Waals surface area contributed by atoms with E-state index in [9.17, 15) is 14.7 Å². The number of methoxy groups -OCH3 is 1. The van der Waals surface area contributed by atoms with Gasteiger partial charge in [0.15, 0.2) is 0 Å². The van der Waals surface area contributed by atoms with Crippen LogP contribution in [-0.4, -0.2) is 34.7 Å². The molecule has 1 N–H and O–H groups in total. The molecule has 0 amide bonds. The number of ether oxygens (including phenoxy) is 1. The molecule has 0 aromatic carbocycles. The van der Waals surface area contributed by atoms with Crippen LogP contribution in [-0.2, 0) is 14.3 Å². The highest BCUT2D eigenvalue weighted by Gasteiger charge is 2.45. The minimum atomic E-state index is -0.799. The Balaban J connectivity index is 2.71. The second kappa shape index (κ2) is 5.57. The van der Waals surface area contributed by atoms with Crippen LogP contribution in [0.5, 0.6) is 0 Å². The van der Waals surface area contributed by atoms with Gasteiger partial charge in [-0.2, -0.15) is 0 Å². The zero-order chi connectivity index (χ0) is 12.2. The van der Waals surface area contributed by atoms with Crippen LogP contribution < -0.4 is 0 Å². The molecule has 1 aliphatic carbocycles. The Labute approximate surface area is 99.7 Å². The molecule has 16 heavy (non-hydrogen) atoms. The van der Waals surface area contributed by atoms with E-state index in [-0.39, 0.29) is 17.6 Å². The van der Waals surface area contributed by atoms with Gasteiger partial charge in [-0.1, -0.05) is 19.8 Å². The lowest BCUT2D eigenvalue weighted by atomic mass is 9.79. The molecule has 2 atom stereocenters. The summed E-state index contributed by atoms with van der Waals surface area (Å²) < 4.78 is 3.75. The van der Waals surface area contributed by atoms with E-state index in [1.165, 1.54) is 18.9 Å². The molecule has 4 nitrogen and oxygen atoms in total. The smallest absolute Gasteiger partial charge is 0.320 e. The molecule has 1 saturated carbocycles. The zero-order valence-corrected chi connectivity index (χ0v) is 10.5. The van der Waals surface area contributed by atoms with Crippen LogP contribution in [0.15, 0.2) is 0 Å². The molecule has 0 bridgehead atoms. The van der Waals surface area contributed by atoms with E-state index in [1.807, 2.05) is 6.92 Å². The Kier molecular flexibility index (Phi) is 4.65. The summed E-state index contributed by atoms with van der Waals surface area (Å²) in [5.41, 5.74) is 0. The topological polar surface area (TPSA) is 63.6 Å². The van der Waals surface area contributed by atoms with Crippen molar-refractivity contribution in [2.75, 3.05) is 12.9 Å². The quantitative estimate of drug-likeness (QED) is 0.768. The average Bonchev–Trinajstić information content (AvgIpc) is 2.27. The van der Waals surface area contributed by atoms with Crippen molar-refractivity contribution in [3.8, 4) is 0 Å². The van der Waals surface area contributed by atoms with Crippen LogP contribution in [0.2, 0.25) is 0 Å². The first kappa shape index (κ1) is 13.4. The van der Waals surface area contributed by atoms with Gasteiger partial charge in [0.1, 0.15) is 4.75 Å². The van der Waals surface area contributed by atoms with Gasteiger partial charge in [-0.25, -0.2) is 0 Å². The van der Waals surface area contributed by atoms with E-state index in [1.54, 1.807) is 0 Å². The van der Waals surface area contributed by atoms with E-state index >= 15 is 0 Å². The maximum absolute atomic E-state index is 11.4. The SMILES string of the molecule is COC(=O)CSC1(C(=O)O)CCCCC1C. The summed E-state index contributed by atoms with van der Waals surface area (Å²) >= 11 is 1.22. The van der Waals surface area contributed by atoms with Gasteiger partial charge in [0.25, 0.3) is 0 Å². The lowest BCUT2D eigenvalue weighted by Crippen LogP contribution is -2.44. The van der Waals surface area contributed by atoms with Crippen molar-refractivity contribution in [1.82, 2.24) is 0 Å². The number of rotatable bonds is 4. The van der Waals surface area contributed by atoms with Gasteiger partial charge < -0.3 is 9.84 Å². The summed E-state index contributed by atoms with van der Waals surface area (Å²) in [4.78, 5) is 22.5. The van der Waals surface area contributed by atoms with Gasteiger partial charge in [-0.05, 0) is 18.8 Å². The number of esters is 1. The third-order valence-corrected chi connectivity index (χ3v) is 4.94. The Morgan fingerprint density at radius 1 is 1.50 bits per heavy atom. The first-order valence-electron chi connectivity index (χ1n) is 5.47. The minimum Gasteiger partial charge on any atom is -0.480 e. The summed E-state index contributed by atoms with van der Waals surface area (Å²) in [7, 11) is 1.32. The molecule has 5 heteroatoms. The van der Waals surface area contributed by atoms with Crippen LogP contribution in [0.4, 0.5) is 0 Å². The van der Waals surface area contributed by atoms with E-state index in [0.717, 1.165) is 19.3 Å². The van der Waals surface area contributed by atoms with Gasteiger partial charge >= 0.3 is 11.9 Å². The van der Waals surface area contributed by atoms with Crippen molar-refractivity contribution < 1.29 is 19.4 Å². The predicted molar refractivity (Wildman–Crippen MR) is 62.5 cm³/mol. The maximum atomic E-state index is 11.4. The number of aliphatic carboxylic acids is 1. The first-order chi connectivity index (χ1) is 7.53. The van der Waals surface area contributed by atoms with Crippen LogP contribution in [0.1, 0.15) is 32.6 Å². The maximum Gasteiger partial charge on any atom is 0.320 e. The largest absolute Gasteiger partial charge is 0.480 e. The van der Waals surface area contributed by atoms with Crippen LogP contribution >= 0.6 is 11.8 Å². The highest BCUT2D eigenvalue weighted by atomic mass is 32.2. The summed E-state index contributed by atoms with van der Waals surface area (Å²) in [5.74, 6) is -0.932. The fraction of sp³-hybridized carbons (Fsp3) is 0.818. The molecule has 2 unspecified atom stereocenters. The summed E-state index contributed by atoms with van der Waals surface area (Å²) in [6, 6.07) is 0. The van der Waals surface area contributed by atoms with E-state index in [4.69, 9.17) is 0 Å². The Morgan fingerprint density at radius 3 is 2.69 bits per heavy atom. The fourth-order valence-corrected chi connectivity index (χ4v) is 3.47. The summed E-state index contributed by atoms with van der Waals surface area (Å²) in [6.45, 7) is 1.96. The molecule has 0 saturated heterocycles. The van der Waals surface area contributed by atoms with Crippen molar-refractivity contribution >= 4 is 23.7 Å². The standard InChI is InChI=1S/C11H18O4S/c1-8-5-3-4-6-11(8,10(13)14)16-7-9(12)15-2/h8H,3-7H2,1-2H3,(H,13,14). The minimum absolute atomic E-state index is 0.105. The molecule has 0 aliphatic heterocycles. The van der Waals surface area contributed by atoms with Crippen LogP contribution in [0.25, 0.3) is 0 Å². The molecule has 1 fully saturated rings. The molecule has 0 radical (unpaired) electrons. The molecule has 0 spiro atoms. The highest BCUT2D eigenvalue weighted by molar-refractivity contribution is 8.02. The third kappa shape index (κ3) is 2.70. The van der Waals surface area contributed by atoms with Gasteiger partial charge in [0.2, 0.25) is 0 Å². The third-order valence-electron chi connectivity index (χ3n) is 3.27. The molecule has 0 aromatic heterocycles. The van der Waals surface area contributed by atoms with Crippen molar-refractivity contribution in [1.29, 1.82) is 0 Å². The van der Waals surface area contributed by atoms with Crippen molar-refractivity contribution in [3.05, 3.63) is 0 Å². The monoisotopic (exact) mass is 246 g/mol. The van der Waals surface area contributed by atoms with E-state index in [0.29, 0.717) is 6.42 Å². The van der Waals surface area contributed by atoms with Gasteiger partial charge in [0.05, 0.1) is 12.9 Å². The Bertz CT molecular complexity index is 279. The lowest BCUT2D eigenvalue weighted by molar-refractivity contribution is -0.142. The van der Waals surface area contributed by atoms with Crippen LogP contribution in [0.3, 0.4) is 0 Å². The van der Waals surface area contributed by atoms with E-state index in [2.05, 4.69) is 4.74 Å². The van der Waals surface area contributed by atoms with Gasteiger partial charge in [-0.15, -0.1) is 11.8 Å². The fourth-order valence-electron chi connectivity index (χ4n) is 2.16.